The van der Waals surface area contributed by atoms with Crippen molar-refractivity contribution in [3.63, 3.8) is 0 Å². The molecule has 0 amide bonds. The van der Waals surface area contributed by atoms with Crippen LogP contribution in [-0.2, 0) is 14.8 Å². The van der Waals surface area contributed by atoms with Crippen molar-refractivity contribution < 1.29 is 30.2 Å². The second-order valence-electron chi connectivity index (χ2n) is 1.99. The van der Waals surface area contributed by atoms with E-state index in [1.807, 2.05) is 0 Å². The van der Waals surface area contributed by atoms with Crippen molar-refractivity contribution in [2.45, 2.75) is 0 Å². The van der Waals surface area contributed by atoms with Gasteiger partial charge in [-0.15, -0.1) is 6.61 Å². The molecule has 0 heterocycles. The quantitative estimate of drug-likeness (QED) is 0.584. The third kappa shape index (κ3) is 10.6. The molecule has 0 aliphatic heterocycles. The molecule has 12 heavy (non-hydrogen) atoms. The molecule has 0 aliphatic carbocycles. The summed E-state index contributed by atoms with van der Waals surface area (Å²) in [5.74, 6) is 0. The van der Waals surface area contributed by atoms with Crippen LogP contribution in [0, 0.1) is 0 Å². The zero-order valence-electron chi connectivity index (χ0n) is 6.70. The minimum atomic E-state index is -0.181. The van der Waals surface area contributed by atoms with Gasteiger partial charge in [0.25, 0.3) is 0 Å². The molecule has 0 atom stereocenters. The molecule has 0 spiro atoms. The van der Waals surface area contributed by atoms with Gasteiger partial charge in [-0.1, -0.05) is 0 Å². The number of rotatable bonds is 6. The van der Waals surface area contributed by atoms with Crippen LogP contribution >= 0.6 is 10.1 Å². The van der Waals surface area contributed by atoms with E-state index in [2.05, 4.69) is 25.0 Å². The second kappa shape index (κ2) is 14.2. The zero-order valence-corrected chi connectivity index (χ0v) is 8.50. The van der Waals surface area contributed by atoms with E-state index >= 15 is 0 Å². The molecular weight excluding hydrogens is 228 g/mol. The number of hydrogen-bond acceptors (Lipinski definition) is 4. The number of nitrogens with zero attached hydrogens (tertiary/aromatic N) is 1. The minimum absolute atomic E-state index is 0.0417. The van der Waals surface area contributed by atoms with Crippen molar-refractivity contribution in [2.24, 2.45) is 0 Å². The Hall–Kier alpha value is 0.636. The third-order valence-electron chi connectivity index (χ3n) is 1.24. The number of aliphatic hydroxyl groups excluding tert-OH is 2. The molecule has 6 heteroatoms. The first kappa shape index (κ1) is 15.1. The summed E-state index contributed by atoms with van der Waals surface area (Å²) < 4.78 is 0. The molecule has 0 aliphatic rings. The summed E-state index contributed by atoms with van der Waals surface area (Å²) in [6.45, 7) is 1.26. The Labute approximate surface area is 85.0 Å². The number of aliphatic hydroxyl groups is 2. The molecule has 4 nitrogen and oxygen atoms in total. The van der Waals surface area contributed by atoms with Crippen LogP contribution in [0.15, 0.2) is 0 Å². The molecule has 0 aromatic carbocycles. The number of halogens is 1. The van der Waals surface area contributed by atoms with Crippen LogP contribution in [0.4, 0.5) is 0 Å². The van der Waals surface area contributed by atoms with Crippen LogP contribution in [0.25, 0.3) is 0 Å². The Bertz CT molecular complexity index is 65.5. The van der Waals surface area contributed by atoms with Crippen LogP contribution in [0.3, 0.4) is 0 Å². The molecule has 0 rings (SSSR count). The summed E-state index contributed by atoms with van der Waals surface area (Å²) in [5.41, 5.74) is 0. The van der Waals surface area contributed by atoms with E-state index in [4.69, 9.17) is 10.2 Å². The van der Waals surface area contributed by atoms with E-state index in [0.717, 1.165) is 0 Å². The van der Waals surface area contributed by atoms with Gasteiger partial charge in [-0.05, 0) is 6.54 Å². The van der Waals surface area contributed by atoms with Crippen molar-refractivity contribution >= 4 is 10.1 Å². The molecule has 0 radical (unpaired) electrons. The van der Waals surface area contributed by atoms with Crippen molar-refractivity contribution in [3.8, 4) is 0 Å². The van der Waals surface area contributed by atoms with Gasteiger partial charge in [-0.3, -0.25) is 0 Å². The van der Waals surface area contributed by atoms with Crippen molar-refractivity contribution in [1.82, 2.24) is 4.90 Å². The van der Waals surface area contributed by atoms with Gasteiger partial charge in [0, 0.05) is 13.1 Å². The van der Waals surface area contributed by atoms with Gasteiger partial charge in [0.05, 0.1) is 13.2 Å². The van der Waals surface area contributed by atoms with Crippen LogP contribution in [0.1, 0.15) is 0 Å². The van der Waals surface area contributed by atoms with Crippen molar-refractivity contribution in [3.05, 3.63) is 0 Å². The van der Waals surface area contributed by atoms with Gasteiger partial charge >= 0.3 is 25.0 Å². The predicted molar refractivity (Wildman–Crippen MR) is 41.3 cm³/mol. The van der Waals surface area contributed by atoms with Crippen LogP contribution < -0.4 is 5.11 Å². The molecule has 0 bridgehead atoms. The van der Waals surface area contributed by atoms with E-state index in [-0.39, 0.29) is 19.8 Å². The van der Waals surface area contributed by atoms with Crippen LogP contribution in [0.5, 0.6) is 0 Å². The van der Waals surface area contributed by atoms with E-state index in [0.29, 0.717) is 19.6 Å². The maximum absolute atomic E-state index is 10.1. The normalized spacial score (nSPS) is 9.50. The number of hydrogen-bond donors (Lipinski definition) is 2. The minimum Gasteiger partial charge on any atom is -0.854 e. The molecule has 0 saturated carbocycles. The average Bonchev–Trinajstić information content (AvgIpc) is 2.10. The van der Waals surface area contributed by atoms with Gasteiger partial charge in [-0.2, -0.15) is 0 Å². The molecule has 0 fully saturated rings. The molecule has 0 aromatic rings. The smallest absolute Gasteiger partial charge is 0.0558 e. The van der Waals surface area contributed by atoms with Gasteiger partial charge < -0.3 is 20.2 Å². The molecule has 0 unspecified atom stereocenters. The Kier molecular flexibility index (Phi) is 17.9. The standard InChI is InChI=1S/C6H14NO3.ClH.Co/c8-4-1-7(2-5-9)3-6-10;;/h8-9H,1-6H2;1H;/q-1;;+3/p-1. The van der Waals surface area contributed by atoms with E-state index < -0.39 is 0 Å². The first-order valence-corrected chi connectivity index (χ1v) is 4.93. The maximum atomic E-state index is 10.1. The molecule has 2 N–H and O–H groups in total. The Morgan fingerprint density at radius 3 is 1.75 bits per heavy atom. The molecule has 0 saturated heterocycles. The molecule has 76 valence electrons. The third-order valence-corrected chi connectivity index (χ3v) is 1.24. The second-order valence-corrected chi connectivity index (χ2v) is 1.99. The Morgan fingerprint density at radius 2 is 1.50 bits per heavy atom. The van der Waals surface area contributed by atoms with Crippen molar-refractivity contribution in [1.29, 1.82) is 0 Å². The topological polar surface area (TPSA) is 66.8 Å². The largest absolute Gasteiger partial charge is 0.854 e. The summed E-state index contributed by atoms with van der Waals surface area (Å²) in [5, 5.41) is 27.0. The summed E-state index contributed by atoms with van der Waals surface area (Å²) >= 11 is 3.03. The van der Waals surface area contributed by atoms with Gasteiger partial charge in [-0.25, -0.2) is 0 Å². The summed E-state index contributed by atoms with van der Waals surface area (Å²) in [4.78, 5) is 1.73. The van der Waals surface area contributed by atoms with E-state index in [1.54, 1.807) is 4.90 Å². The average molecular weight is 243 g/mol. The van der Waals surface area contributed by atoms with E-state index in [1.165, 1.54) is 0 Å². The van der Waals surface area contributed by atoms with Gasteiger partial charge in [0.15, 0.2) is 0 Å². The monoisotopic (exact) mass is 242 g/mol. The Morgan fingerprint density at radius 1 is 1.08 bits per heavy atom. The fraction of sp³-hybridized carbons (Fsp3) is 1.00. The van der Waals surface area contributed by atoms with Crippen molar-refractivity contribution in [2.75, 3.05) is 39.5 Å². The first-order valence-electron chi connectivity index (χ1n) is 3.50. The first-order chi connectivity index (χ1) is 5.85. The molecule has 0 aromatic heterocycles. The van der Waals surface area contributed by atoms with Gasteiger partial charge in [0.2, 0.25) is 0 Å². The van der Waals surface area contributed by atoms with Crippen LogP contribution in [-0.4, -0.2) is 54.6 Å². The van der Waals surface area contributed by atoms with E-state index in [9.17, 15) is 5.11 Å². The van der Waals surface area contributed by atoms with Crippen LogP contribution in [0.2, 0.25) is 0 Å². The summed E-state index contributed by atoms with van der Waals surface area (Å²) in [7, 11) is 4.33. The summed E-state index contributed by atoms with van der Waals surface area (Å²) in [6.07, 6.45) is 0. The van der Waals surface area contributed by atoms with Gasteiger partial charge in [0.1, 0.15) is 0 Å². The Balaban J connectivity index is 0. The predicted octanol–water partition coefficient (Wildman–Crippen LogP) is -1.68. The zero-order chi connectivity index (χ0) is 9.82. The fourth-order valence-corrected chi connectivity index (χ4v) is 0.747. The maximum Gasteiger partial charge on any atom is 0.0558 e. The summed E-state index contributed by atoms with van der Waals surface area (Å²) in [6, 6.07) is 0. The fourth-order valence-electron chi connectivity index (χ4n) is 0.747. The molecular formula is C6H14ClCoNO3+. The SMILES string of the molecule is [Cl][Co+2].[O-]CCN(CCO)CCO.